The predicted octanol–water partition coefficient (Wildman–Crippen LogP) is 5.93. The van der Waals surface area contributed by atoms with Gasteiger partial charge in [-0.2, -0.15) is 0 Å². The van der Waals surface area contributed by atoms with Crippen LogP contribution in [0, 0.1) is 6.92 Å². The van der Waals surface area contributed by atoms with Crippen molar-refractivity contribution in [1.82, 2.24) is 4.98 Å². The zero-order valence-corrected chi connectivity index (χ0v) is 25.9. The SMILES string of the molecule is C=CCOC(=O)c1sc(N2C(=O)C(=O)/C(=C(/O)c3ccc4c(c3)C[C@H](C)O4)[C@H]2c2ccc(OCCC)c(OCC)c2)nc1C. The highest BCUT2D eigenvalue weighted by molar-refractivity contribution is 7.17. The lowest BCUT2D eigenvalue weighted by atomic mass is 9.94. The van der Waals surface area contributed by atoms with Crippen molar-refractivity contribution >= 4 is 39.9 Å². The molecule has 1 amide bonds. The number of carbonyl (C=O) groups is 3. The van der Waals surface area contributed by atoms with Gasteiger partial charge in [-0.1, -0.05) is 37.0 Å². The fourth-order valence-corrected chi connectivity index (χ4v) is 6.23. The van der Waals surface area contributed by atoms with E-state index in [1.165, 1.54) is 11.0 Å². The average Bonchev–Trinajstić information content (AvgIpc) is 3.66. The van der Waals surface area contributed by atoms with Crippen LogP contribution in [0.3, 0.4) is 0 Å². The number of thiazole rings is 1. The number of nitrogens with zero attached hydrogens (tertiary/aromatic N) is 2. The fourth-order valence-electron chi connectivity index (χ4n) is 5.24. The van der Waals surface area contributed by atoms with Gasteiger partial charge in [0, 0.05) is 12.0 Å². The highest BCUT2D eigenvalue weighted by Gasteiger charge is 2.49. The molecule has 2 aromatic carbocycles. The van der Waals surface area contributed by atoms with Gasteiger partial charge in [-0.25, -0.2) is 9.78 Å². The van der Waals surface area contributed by atoms with Gasteiger partial charge in [0.25, 0.3) is 5.78 Å². The van der Waals surface area contributed by atoms with Crippen molar-refractivity contribution in [2.45, 2.75) is 52.7 Å². The molecule has 44 heavy (non-hydrogen) atoms. The molecule has 2 aliphatic rings. The van der Waals surface area contributed by atoms with Crippen molar-refractivity contribution in [2.24, 2.45) is 0 Å². The van der Waals surface area contributed by atoms with Gasteiger partial charge in [0.15, 0.2) is 16.6 Å². The Morgan fingerprint density at radius 3 is 2.70 bits per heavy atom. The number of fused-ring (bicyclic) bond motifs is 1. The van der Waals surface area contributed by atoms with Gasteiger partial charge in [0.2, 0.25) is 0 Å². The highest BCUT2D eigenvalue weighted by atomic mass is 32.1. The molecular weight excluding hydrogens is 584 g/mol. The maximum Gasteiger partial charge on any atom is 0.350 e. The summed E-state index contributed by atoms with van der Waals surface area (Å²) in [7, 11) is 0. The van der Waals surface area contributed by atoms with Crippen molar-refractivity contribution in [2.75, 3.05) is 24.7 Å². The number of hydrogen-bond acceptors (Lipinski definition) is 10. The standard InChI is InChI=1S/C33H34N2O8S/c1-6-13-41-24-12-9-20(17-25(24)40-8-3)27-26(28(36)21-10-11-23-22(16-21)15-18(4)43-23)29(37)31(38)35(27)33-34-19(5)30(44-33)32(39)42-14-7-2/h7,9-12,16-18,27,36H,2,6,8,13-15H2,1,3-5H3/b28-26+/t18-,27+/m0/s1. The topological polar surface area (TPSA) is 124 Å². The normalized spacial score (nSPS) is 18.6. The molecule has 0 bridgehead atoms. The third-order valence-electron chi connectivity index (χ3n) is 7.17. The number of Topliss-reactive ketones (excluding diaryl/α,β-unsaturated/α-hetero) is 1. The summed E-state index contributed by atoms with van der Waals surface area (Å²) in [6.45, 7) is 11.8. The number of rotatable bonds is 11. The average molecular weight is 619 g/mol. The molecule has 0 radical (unpaired) electrons. The number of amides is 1. The van der Waals surface area contributed by atoms with Gasteiger partial charge in [-0.15, -0.1) is 0 Å². The van der Waals surface area contributed by atoms with Crippen molar-refractivity contribution in [1.29, 1.82) is 0 Å². The van der Waals surface area contributed by atoms with E-state index in [0.29, 0.717) is 53.7 Å². The quantitative estimate of drug-likeness (QED) is 0.0915. The lowest BCUT2D eigenvalue weighted by Crippen LogP contribution is -2.29. The molecule has 1 fully saturated rings. The number of aromatic nitrogens is 1. The summed E-state index contributed by atoms with van der Waals surface area (Å²) in [5, 5.41) is 11.8. The number of anilines is 1. The third-order valence-corrected chi connectivity index (χ3v) is 8.30. The minimum Gasteiger partial charge on any atom is -0.507 e. The maximum absolute atomic E-state index is 13.7. The van der Waals surface area contributed by atoms with Gasteiger partial charge < -0.3 is 24.1 Å². The van der Waals surface area contributed by atoms with Crippen LogP contribution in [0.4, 0.5) is 5.13 Å². The number of ether oxygens (including phenoxy) is 4. The number of esters is 1. The fraction of sp³-hybridized carbons (Fsp3) is 0.333. The van der Waals surface area contributed by atoms with Crippen LogP contribution in [0.1, 0.15) is 65.3 Å². The molecule has 230 valence electrons. The second-order valence-corrected chi connectivity index (χ2v) is 11.4. The summed E-state index contributed by atoms with van der Waals surface area (Å²) in [6.07, 6.45) is 2.87. The molecule has 2 atom stereocenters. The van der Waals surface area contributed by atoms with Crippen LogP contribution < -0.4 is 19.1 Å². The molecular formula is C33H34N2O8S. The molecule has 3 heterocycles. The number of aliphatic hydroxyl groups is 1. The minimum absolute atomic E-state index is 0.00722. The predicted molar refractivity (Wildman–Crippen MR) is 166 cm³/mol. The van der Waals surface area contributed by atoms with Gasteiger partial charge in [-0.05, 0) is 68.7 Å². The Labute approximate surface area is 259 Å². The summed E-state index contributed by atoms with van der Waals surface area (Å²) in [4.78, 5) is 46.1. The Kier molecular flexibility index (Phi) is 9.05. The zero-order valence-electron chi connectivity index (χ0n) is 25.0. The molecule has 0 spiro atoms. The summed E-state index contributed by atoms with van der Waals surface area (Å²) < 4.78 is 22.7. The van der Waals surface area contributed by atoms with Crippen LogP contribution in [0.15, 0.2) is 54.6 Å². The largest absolute Gasteiger partial charge is 0.507 e. The molecule has 11 heteroatoms. The molecule has 0 unspecified atom stereocenters. The second-order valence-electron chi connectivity index (χ2n) is 10.4. The van der Waals surface area contributed by atoms with E-state index in [1.807, 2.05) is 20.8 Å². The number of benzene rings is 2. The van der Waals surface area contributed by atoms with Crippen molar-refractivity contribution in [3.8, 4) is 17.2 Å². The van der Waals surface area contributed by atoms with Crippen molar-refractivity contribution in [3.63, 3.8) is 0 Å². The van der Waals surface area contributed by atoms with E-state index in [2.05, 4.69) is 11.6 Å². The van der Waals surface area contributed by atoms with Crippen LogP contribution in [0.2, 0.25) is 0 Å². The number of ketones is 1. The Bertz CT molecular complexity index is 1660. The van der Waals surface area contributed by atoms with Crippen LogP contribution in [-0.2, 0) is 20.7 Å². The molecule has 10 nitrogen and oxygen atoms in total. The van der Waals surface area contributed by atoms with Gasteiger partial charge >= 0.3 is 11.9 Å². The molecule has 3 aromatic rings. The number of aryl methyl sites for hydroxylation is 1. The monoisotopic (exact) mass is 618 g/mol. The van der Waals surface area contributed by atoms with Crippen molar-refractivity contribution < 1.29 is 38.4 Å². The first kappa shape index (κ1) is 30.8. The molecule has 0 aliphatic carbocycles. The van der Waals surface area contributed by atoms with E-state index in [0.717, 1.165) is 23.3 Å². The maximum atomic E-state index is 13.7. The Morgan fingerprint density at radius 1 is 1.18 bits per heavy atom. The molecule has 1 N–H and O–H groups in total. The smallest absolute Gasteiger partial charge is 0.350 e. The van der Waals surface area contributed by atoms with Gasteiger partial charge in [0.05, 0.1) is 30.5 Å². The molecule has 1 saturated heterocycles. The van der Waals surface area contributed by atoms with Gasteiger partial charge in [0.1, 0.15) is 29.1 Å². The molecule has 1 aromatic heterocycles. The van der Waals surface area contributed by atoms with E-state index in [4.69, 9.17) is 18.9 Å². The third kappa shape index (κ3) is 5.79. The van der Waals surface area contributed by atoms with Crippen molar-refractivity contribution in [3.05, 3.63) is 81.9 Å². The van der Waals surface area contributed by atoms with Crippen LogP contribution in [-0.4, -0.2) is 53.7 Å². The lowest BCUT2D eigenvalue weighted by Gasteiger charge is -2.24. The first-order chi connectivity index (χ1) is 21.2. The summed E-state index contributed by atoms with van der Waals surface area (Å²) in [5.74, 6) is -1.07. The zero-order chi connectivity index (χ0) is 31.5. The summed E-state index contributed by atoms with van der Waals surface area (Å²) in [5.41, 5.74) is 1.98. The first-order valence-corrected chi connectivity index (χ1v) is 15.3. The van der Waals surface area contributed by atoms with Gasteiger partial charge in [-0.3, -0.25) is 14.5 Å². The Morgan fingerprint density at radius 2 is 1.98 bits per heavy atom. The highest BCUT2D eigenvalue weighted by Crippen LogP contribution is 2.46. The van der Waals surface area contributed by atoms with E-state index < -0.39 is 23.7 Å². The number of carbonyl (C=O) groups excluding carboxylic acids is 3. The minimum atomic E-state index is -1.08. The molecule has 5 rings (SSSR count). The van der Waals surface area contributed by atoms with E-state index in [9.17, 15) is 19.5 Å². The second kappa shape index (κ2) is 12.9. The first-order valence-electron chi connectivity index (χ1n) is 14.4. The van der Waals surface area contributed by atoms with Crippen LogP contribution in [0.5, 0.6) is 17.2 Å². The van der Waals surface area contributed by atoms with E-state index in [1.54, 1.807) is 43.3 Å². The molecule has 0 saturated carbocycles. The molecule has 2 aliphatic heterocycles. The number of hydrogen-bond donors (Lipinski definition) is 1. The summed E-state index contributed by atoms with van der Waals surface area (Å²) in [6, 6.07) is 9.23. The Balaban J connectivity index is 1.67. The lowest BCUT2D eigenvalue weighted by molar-refractivity contribution is -0.132. The van der Waals surface area contributed by atoms with Crippen LogP contribution in [0.25, 0.3) is 5.76 Å². The van der Waals surface area contributed by atoms with E-state index in [-0.39, 0.29) is 34.1 Å². The van der Waals surface area contributed by atoms with E-state index >= 15 is 0 Å². The number of aliphatic hydroxyl groups excluding tert-OH is 1. The van der Waals surface area contributed by atoms with Crippen LogP contribution >= 0.6 is 11.3 Å². The summed E-state index contributed by atoms with van der Waals surface area (Å²) >= 11 is 0.931. The Hall–Kier alpha value is -4.64.